The number of halogens is 1. The Labute approximate surface area is 99.7 Å². The summed E-state index contributed by atoms with van der Waals surface area (Å²) in [6, 6.07) is 0. The van der Waals surface area contributed by atoms with Crippen molar-refractivity contribution < 1.29 is 9.18 Å². The number of amides is 1. The first-order chi connectivity index (χ1) is 7.89. The van der Waals surface area contributed by atoms with Crippen LogP contribution in [0.1, 0.15) is 44.6 Å². The fourth-order valence-electron chi connectivity index (χ4n) is 1.84. The quantitative estimate of drug-likeness (QED) is 0.805. The molecule has 2 rings (SSSR count). The molecule has 1 aliphatic rings. The zero-order valence-electron chi connectivity index (χ0n) is 10.2. The van der Waals surface area contributed by atoms with Gasteiger partial charge in [-0.2, -0.15) is 0 Å². The Balaban J connectivity index is 2.42. The van der Waals surface area contributed by atoms with Crippen molar-refractivity contribution in [3.05, 3.63) is 23.5 Å². The van der Waals surface area contributed by atoms with Crippen LogP contribution in [0.3, 0.4) is 0 Å². The summed E-state index contributed by atoms with van der Waals surface area (Å²) in [5, 5.41) is 2.69. The first kappa shape index (κ1) is 12.0. The zero-order valence-corrected chi connectivity index (χ0v) is 10.2. The molecule has 0 bridgehead atoms. The Morgan fingerprint density at radius 2 is 2.18 bits per heavy atom. The number of carbonyl (C=O) groups is 1. The van der Waals surface area contributed by atoms with Gasteiger partial charge < -0.3 is 5.32 Å². The molecule has 1 atom stereocenters. The van der Waals surface area contributed by atoms with Crippen molar-refractivity contribution in [1.29, 1.82) is 0 Å². The lowest BCUT2D eigenvalue weighted by molar-refractivity contribution is -0.120. The summed E-state index contributed by atoms with van der Waals surface area (Å²) in [6.07, 6.45) is 1.75. The molecule has 2 heterocycles. The van der Waals surface area contributed by atoms with Crippen LogP contribution in [0.5, 0.6) is 0 Å². The molecular formula is C12H16FN3O. The van der Waals surface area contributed by atoms with E-state index in [-0.39, 0.29) is 17.0 Å². The minimum atomic E-state index is -0.500. The van der Waals surface area contributed by atoms with Crippen LogP contribution in [0.4, 0.5) is 4.39 Å². The lowest BCUT2D eigenvalue weighted by Crippen LogP contribution is -2.22. The first-order valence-electron chi connectivity index (χ1n) is 5.70. The van der Waals surface area contributed by atoms with Crippen molar-refractivity contribution in [1.82, 2.24) is 15.3 Å². The molecule has 0 aliphatic carbocycles. The van der Waals surface area contributed by atoms with E-state index >= 15 is 0 Å². The monoisotopic (exact) mass is 237 g/mol. The molecule has 0 saturated carbocycles. The van der Waals surface area contributed by atoms with Gasteiger partial charge in [-0.3, -0.25) is 4.79 Å². The molecule has 17 heavy (non-hydrogen) atoms. The Morgan fingerprint density at radius 3 is 2.71 bits per heavy atom. The van der Waals surface area contributed by atoms with Gasteiger partial charge in [-0.1, -0.05) is 20.8 Å². The number of hydrogen-bond donors (Lipinski definition) is 1. The van der Waals surface area contributed by atoms with Crippen molar-refractivity contribution in [2.75, 3.05) is 6.54 Å². The van der Waals surface area contributed by atoms with E-state index in [0.29, 0.717) is 18.8 Å². The van der Waals surface area contributed by atoms with Gasteiger partial charge >= 0.3 is 0 Å². The average molecular weight is 237 g/mol. The van der Waals surface area contributed by atoms with Crippen molar-refractivity contribution >= 4 is 5.91 Å². The van der Waals surface area contributed by atoms with Gasteiger partial charge in [0.15, 0.2) is 5.82 Å². The molecule has 0 spiro atoms. The standard InChI is InChI=1S/C12H16FN3O/c1-12(2,3)11-15-6-8(13)9(16-11)7-4-5-14-10(7)17/h6-7H,4-5H2,1-3H3,(H,14,17). The van der Waals surface area contributed by atoms with Crippen molar-refractivity contribution in [2.24, 2.45) is 0 Å². The number of hydrogen-bond acceptors (Lipinski definition) is 3. The molecule has 1 aromatic heterocycles. The third-order valence-electron chi connectivity index (χ3n) is 2.82. The van der Waals surface area contributed by atoms with Crippen LogP contribution < -0.4 is 5.32 Å². The summed E-state index contributed by atoms with van der Waals surface area (Å²) in [5.74, 6) is -0.560. The maximum atomic E-state index is 13.7. The molecule has 1 aromatic rings. The fraction of sp³-hybridized carbons (Fsp3) is 0.583. The number of nitrogens with zero attached hydrogens (tertiary/aromatic N) is 2. The molecule has 1 unspecified atom stereocenters. The van der Waals surface area contributed by atoms with Gasteiger partial charge in [0.25, 0.3) is 0 Å². The minimum absolute atomic E-state index is 0.151. The van der Waals surface area contributed by atoms with E-state index in [2.05, 4.69) is 15.3 Å². The number of rotatable bonds is 1. The lowest BCUT2D eigenvalue weighted by Gasteiger charge is -2.18. The van der Waals surface area contributed by atoms with Crippen LogP contribution in [-0.4, -0.2) is 22.4 Å². The van der Waals surface area contributed by atoms with Crippen LogP contribution in [0, 0.1) is 5.82 Å². The van der Waals surface area contributed by atoms with Crippen LogP contribution >= 0.6 is 0 Å². The van der Waals surface area contributed by atoms with Gasteiger partial charge in [0.2, 0.25) is 5.91 Å². The van der Waals surface area contributed by atoms with E-state index in [1.165, 1.54) is 0 Å². The van der Waals surface area contributed by atoms with E-state index in [9.17, 15) is 9.18 Å². The molecule has 1 saturated heterocycles. The normalized spacial score (nSPS) is 20.5. The van der Waals surface area contributed by atoms with E-state index in [4.69, 9.17) is 0 Å². The molecule has 0 aromatic carbocycles. The van der Waals surface area contributed by atoms with Crippen LogP contribution in [-0.2, 0) is 10.2 Å². The number of carbonyl (C=O) groups excluding carboxylic acids is 1. The Kier molecular flexibility index (Phi) is 2.85. The lowest BCUT2D eigenvalue weighted by atomic mass is 9.95. The second-order valence-corrected chi connectivity index (χ2v) is 5.31. The van der Waals surface area contributed by atoms with Gasteiger partial charge in [-0.05, 0) is 6.42 Å². The van der Waals surface area contributed by atoms with Gasteiger partial charge in [-0.15, -0.1) is 0 Å². The summed E-state index contributed by atoms with van der Waals surface area (Å²) < 4.78 is 13.7. The third-order valence-corrected chi connectivity index (χ3v) is 2.82. The topological polar surface area (TPSA) is 54.9 Å². The van der Waals surface area contributed by atoms with E-state index in [1.807, 2.05) is 20.8 Å². The predicted octanol–water partition coefficient (Wildman–Crippen LogP) is 1.52. The van der Waals surface area contributed by atoms with Crippen molar-refractivity contribution in [3.63, 3.8) is 0 Å². The van der Waals surface area contributed by atoms with Crippen LogP contribution in [0.2, 0.25) is 0 Å². The molecule has 1 fully saturated rings. The minimum Gasteiger partial charge on any atom is -0.355 e. The Bertz CT molecular complexity index is 454. The summed E-state index contributed by atoms with van der Waals surface area (Å²) in [7, 11) is 0. The van der Waals surface area contributed by atoms with Gasteiger partial charge in [0.05, 0.1) is 17.8 Å². The largest absolute Gasteiger partial charge is 0.355 e. The van der Waals surface area contributed by atoms with Crippen LogP contribution in [0.25, 0.3) is 0 Å². The number of nitrogens with one attached hydrogen (secondary N) is 1. The molecule has 0 radical (unpaired) electrons. The first-order valence-corrected chi connectivity index (χ1v) is 5.70. The highest BCUT2D eigenvalue weighted by Gasteiger charge is 2.31. The maximum Gasteiger partial charge on any atom is 0.229 e. The Morgan fingerprint density at radius 1 is 1.47 bits per heavy atom. The second-order valence-electron chi connectivity index (χ2n) is 5.31. The highest BCUT2D eigenvalue weighted by atomic mass is 19.1. The summed E-state index contributed by atoms with van der Waals surface area (Å²) in [6.45, 7) is 6.45. The third kappa shape index (κ3) is 2.28. The van der Waals surface area contributed by atoms with E-state index in [0.717, 1.165) is 6.20 Å². The molecule has 92 valence electrons. The van der Waals surface area contributed by atoms with E-state index < -0.39 is 11.7 Å². The predicted molar refractivity (Wildman–Crippen MR) is 61.1 cm³/mol. The van der Waals surface area contributed by atoms with Gasteiger partial charge in [0.1, 0.15) is 5.82 Å². The molecule has 5 heteroatoms. The van der Waals surface area contributed by atoms with Crippen molar-refractivity contribution in [2.45, 2.75) is 38.5 Å². The van der Waals surface area contributed by atoms with E-state index in [1.54, 1.807) is 0 Å². The highest BCUT2D eigenvalue weighted by Crippen LogP contribution is 2.26. The fourth-order valence-corrected chi connectivity index (χ4v) is 1.84. The summed E-state index contributed by atoms with van der Waals surface area (Å²) >= 11 is 0. The van der Waals surface area contributed by atoms with Crippen molar-refractivity contribution in [3.8, 4) is 0 Å². The number of aromatic nitrogens is 2. The zero-order chi connectivity index (χ0) is 12.6. The molecule has 1 N–H and O–H groups in total. The summed E-state index contributed by atoms with van der Waals surface area (Å²) in [5.41, 5.74) is -0.0303. The smallest absolute Gasteiger partial charge is 0.229 e. The second kappa shape index (κ2) is 4.05. The average Bonchev–Trinajstić information content (AvgIpc) is 2.63. The Hall–Kier alpha value is -1.52. The summed E-state index contributed by atoms with van der Waals surface area (Å²) in [4.78, 5) is 19.8. The molecule has 4 nitrogen and oxygen atoms in total. The maximum absolute atomic E-state index is 13.7. The van der Waals surface area contributed by atoms with Crippen LogP contribution in [0.15, 0.2) is 6.20 Å². The highest BCUT2D eigenvalue weighted by molar-refractivity contribution is 5.85. The van der Waals surface area contributed by atoms with Gasteiger partial charge in [0, 0.05) is 12.0 Å². The SMILES string of the molecule is CC(C)(C)c1ncc(F)c(C2CCNC2=O)n1. The molecule has 1 aliphatic heterocycles. The van der Waals surface area contributed by atoms with Gasteiger partial charge in [-0.25, -0.2) is 14.4 Å². The molecule has 1 amide bonds. The molecular weight excluding hydrogens is 221 g/mol.